The van der Waals surface area contributed by atoms with Gasteiger partial charge in [-0.25, -0.2) is 0 Å². The molecule has 4 rings (SSSR count). The molecule has 28 heavy (non-hydrogen) atoms. The van der Waals surface area contributed by atoms with Gasteiger partial charge in [-0.15, -0.1) is 0 Å². The summed E-state index contributed by atoms with van der Waals surface area (Å²) >= 11 is 6.08. The summed E-state index contributed by atoms with van der Waals surface area (Å²) in [6.45, 7) is 5.35. The van der Waals surface area contributed by atoms with Crippen LogP contribution in [-0.4, -0.2) is 72.3 Å². The smallest absolute Gasteiger partial charge is 0.236 e. The minimum absolute atomic E-state index is 0.101. The molecular formula is C22H30ClN3O2. The zero-order valence-electron chi connectivity index (χ0n) is 16.5. The van der Waals surface area contributed by atoms with E-state index in [9.17, 15) is 9.59 Å². The number of benzene rings is 1. The molecule has 2 amide bonds. The molecule has 152 valence electrons. The van der Waals surface area contributed by atoms with Crippen LogP contribution in [-0.2, 0) is 9.59 Å². The summed E-state index contributed by atoms with van der Waals surface area (Å²) in [5.74, 6) is 0.936. The van der Waals surface area contributed by atoms with Crippen LogP contribution in [0.5, 0.6) is 0 Å². The summed E-state index contributed by atoms with van der Waals surface area (Å²) < 4.78 is 0. The first-order valence-corrected chi connectivity index (χ1v) is 11.0. The molecule has 2 aliphatic heterocycles. The van der Waals surface area contributed by atoms with Crippen LogP contribution in [0.25, 0.3) is 0 Å². The zero-order valence-corrected chi connectivity index (χ0v) is 17.2. The lowest BCUT2D eigenvalue weighted by molar-refractivity contribution is -0.136. The molecule has 3 aliphatic rings. The van der Waals surface area contributed by atoms with Crippen LogP contribution in [0.1, 0.15) is 43.6 Å². The van der Waals surface area contributed by atoms with Crippen molar-refractivity contribution in [2.45, 2.75) is 38.0 Å². The minimum atomic E-state index is 0.101. The highest BCUT2D eigenvalue weighted by Crippen LogP contribution is 2.48. The standard InChI is InChI=1S/C22H30ClN3O2/c23-18-7-5-6-17(14-18)19-15-20(19)22(28)26-12-10-24(11-13-26)16-21(27)25-8-3-1-2-4-9-25/h5-7,14,19-20H,1-4,8-13,15-16H2/t19-,20-/m0/s1. The van der Waals surface area contributed by atoms with Crippen LogP contribution in [0.2, 0.25) is 5.02 Å². The van der Waals surface area contributed by atoms with Crippen molar-refractivity contribution < 1.29 is 9.59 Å². The van der Waals surface area contributed by atoms with Gasteiger partial charge in [-0.05, 0) is 42.9 Å². The van der Waals surface area contributed by atoms with Crippen molar-refractivity contribution in [2.24, 2.45) is 5.92 Å². The van der Waals surface area contributed by atoms with E-state index in [1.807, 2.05) is 28.0 Å². The van der Waals surface area contributed by atoms with Crippen molar-refractivity contribution in [3.63, 3.8) is 0 Å². The Morgan fingerprint density at radius 2 is 1.64 bits per heavy atom. The fourth-order valence-corrected chi connectivity index (χ4v) is 4.74. The third-order valence-corrected chi connectivity index (χ3v) is 6.62. The predicted molar refractivity (Wildman–Crippen MR) is 110 cm³/mol. The third-order valence-electron chi connectivity index (χ3n) is 6.39. The van der Waals surface area contributed by atoms with Gasteiger partial charge >= 0.3 is 0 Å². The zero-order chi connectivity index (χ0) is 19.5. The third kappa shape index (κ3) is 4.69. The van der Waals surface area contributed by atoms with Crippen molar-refractivity contribution >= 4 is 23.4 Å². The minimum Gasteiger partial charge on any atom is -0.342 e. The second-order valence-electron chi connectivity index (χ2n) is 8.40. The van der Waals surface area contributed by atoms with Crippen LogP contribution in [0.4, 0.5) is 0 Å². The Hall–Kier alpha value is -1.59. The van der Waals surface area contributed by atoms with Crippen LogP contribution in [0.15, 0.2) is 24.3 Å². The van der Waals surface area contributed by atoms with Crippen LogP contribution >= 0.6 is 11.6 Å². The van der Waals surface area contributed by atoms with Crippen molar-refractivity contribution in [3.05, 3.63) is 34.9 Å². The van der Waals surface area contributed by atoms with E-state index in [0.717, 1.165) is 63.6 Å². The normalized spacial score (nSPS) is 26.0. The van der Waals surface area contributed by atoms with Gasteiger partial charge in [-0.3, -0.25) is 14.5 Å². The summed E-state index contributed by atoms with van der Waals surface area (Å²) in [7, 11) is 0. The summed E-state index contributed by atoms with van der Waals surface area (Å²) in [5.41, 5.74) is 1.17. The molecule has 2 saturated heterocycles. The molecule has 0 unspecified atom stereocenters. The monoisotopic (exact) mass is 403 g/mol. The number of carbonyl (C=O) groups excluding carboxylic acids is 2. The van der Waals surface area contributed by atoms with Crippen LogP contribution in [0, 0.1) is 5.92 Å². The molecule has 1 saturated carbocycles. The summed E-state index contributed by atoms with van der Waals surface area (Å²) in [6, 6.07) is 7.87. The lowest BCUT2D eigenvalue weighted by Crippen LogP contribution is -2.52. The van der Waals surface area contributed by atoms with Crippen molar-refractivity contribution in [2.75, 3.05) is 45.8 Å². The highest BCUT2D eigenvalue weighted by atomic mass is 35.5. The van der Waals surface area contributed by atoms with Crippen molar-refractivity contribution in [1.82, 2.24) is 14.7 Å². The van der Waals surface area contributed by atoms with E-state index in [0.29, 0.717) is 12.5 Å². The average molecular weight is 404 g/mol. The van der Waals surface area contributed by atoms with Gasteiger partial charge in [-0.2, -0.15) is 0 Å². The maximum Gasteiger partial charge on any atom is 0.236 e. The molecular weight excluding hydrogens is 374 g/mol. The van der Waals surface area contributed by atoms with Gasteiger partial charge in [0.05, 0.1) is 6.54 Å². The Bertz CT molecular complexity index is 709. The summed E-state index contributed by atoms with van der Waals surface area (Å²) in [5, 5.41) is 0.735. The van der Waals surface area contributed by atoms with Gasteiger partial charge in [0.1, 0.15) is 0 Å². The fourth-order valence-electron chi connectivity index (χ4n) is 4.55. The quantitative estimate of drug-likeness (QED) is 0.776. The summed E-state index contributed by atoms with van der Waals surface area (Å²) in [4.78, 5) is 31.6. The number of carbonyl (C=O) groups is 2. The lowest BCUT2D eigenvalue weighted by Gasteiger charge is -2.35. The molecule has 1 aromatic rings. The number of piperazine rings is 1. The predicted octanol–water partition coefficient (Wildman–Crippen LogP) is 2.99. The molecule has 1 aromatic carbocycles. The second kappa shape index (κ2) is 8.83. The van der Waals surface area contributed by atoms with E-state index in [2.05, 4.69) is 11.0 Å². The first-order valence-electron chi connectivity index (χ1n) is 10.7. The molecule has 0 N–H and O–H groups in total. The largest absolute Gasteiger partial charge is 0.342 e. The molecule has 0 radical (unpaired) electrons. The number of hydrogen-bond acceptors (Lipinski definition) is 3. The molecule has 2 atom stereocenters. The Morgan fingerprint density at radius 3 is 2.32 bits per heavy atom. The summed E-state index contributed by atoms with van der Waals surface area (Å²) in [6.07, 6.45) is 5.66. The number of hydrogen-bond donors (Lipinski definition) is 0. The SMILES string of the molecule is O=C(CN1CCN(C(=O)[C@H]2C[C@H]2c2cccc(Cl)c2)CC1)N1CCCCCC1. The van der Waals surface area contributed by atoms with Gasteiger partial charge < -0.3 is 9.80 Å². The van der Waals surface area contributed by atoms with Crippen LogP contribution in [0.3, 0.4) is 0 Å². The maximum absolute atomic E-state index is 12.8. The van der Waals surface area contributed by atoms with Gasteiger partial charge in [-0.1, -0.05) is 36.6 Å². The molecule has 2 heterocycles. The molecule has 5 nitrogen and oxygen atoms in total. The first-order chi connectivity index (χ1) is 13.6. The number of amides is 2. The Labute approximate surface area is 172 Å². The van der Waals surface area contributed by atoms with Gasteiger partial charge in [0.15, 0.2) is 0 Å². The lowest BCUT2D eigenvalue weighted by atomic mass is 10.1. The Kier molecular flexibility index (Phi) is 6.22. The number of nitrogens with zero attached hydrogens (tertiary/aromatic N) is 3. The fraction of sp³-hybridized carbons (Fsp3) is 0.636. The van der Waals surface area contributed by atoms with Crippen LogP contribution < -0.4 is 0 Å². The van der Waals surface area contributed by atoms with E-state index < -0.39 is 0 Å². The van der Waals surface area contributed by atoms with Gasteiger partial charge in [0.2, 0.25) is 11.8 Å². The van der Waals surface area contributed by atoms with Crippen molar-refractivity contribution in [1.29, 1.82) is 0 Å². The molecule has 0 spiro atoms. The van der Waals surface area contributed by atoms with E-state index in [4.69, 9.17) is 11.6 Å². The number of rotatable bonds is 4. The highest BCUT2D eigenvalue weighted by Gasteiger charge is 2.46. The average Bonchev–Trinajstić information content (AvgIpc) is 3.52. The molecule has 0 bridgehead atoms. The van der Waals surface area contributed by atoms with Gasteiger partial charge in [0.25, 0.3) is 0 Å². The number of halogens is 1. The first kappa shape index (κ1) is 19.7. The molecule has 1 aliphatic carbocycles. The van der Waals surface area contributed by atoms with E-state index in [1.54, 1.807) is 0 Å². The Morgan fingerprint density at radius 1 is 0.929 bits per heavy atom. The van der Waals surface area contributed by atoms with E-state index in [1.165, 1.54) is 18.4 Å². The second-order valence-corrected chi connectivity index (χ2v) is 8.84. The molecule has 3 fully saturated rings. The van der Waals surface area contributed by atoms with E-state index in [-0.39, 0.29) is 17.7 Å². The van der Waals surface area contributed by atoms with Crippen molar-refractivity contribution in [3.8, 4) is 0 Å². The maximum atomic E-state index is 12.8. The molecule has 6 heteroatoms. The van der Waals surface area contributed by atoms with E-state index >= 15 is 0 Å². The number of likely N-dealkylation sites (tertiary alicyclic amines) is 1. The Balaban J connectivity index is 1.23. The molecule has 0 aromatic heterocycles. The van der Waals surface area contributed by atoms with Gasteiger partial charge in [0, 0.05) is 50.2 Å². The topological polar surface area (TPSA) is 43.9 Å². The highest BCUT2D eigenvalue weighted by molar-refractivity contribution is 6.30.